The van der Waals surface area contributed by atoms with Crippen molar-refractivity contribution >= 4 is 22.6 Å². The second kappa shape index (κ2) is 14.4. The fourth-order valence-electron chi connectivity index (χ4n) is 9.92. The standard InChI is InChI=1S/C57H47N/c1-4-17-44-39-57(45-23-12-7-13-24-45,46-30-34-51-50-26-14-15-27-53(50)56(2,3)55(51)37-46)54-35-33-49(38-52(44)54)58(47-31-28-42(29-32-47)40-18-8-5-9-19-40)48-25-16-22-43(36-48)41-20-10-6-11-21-41/h5-38H,4,39H2,1-3H3/b44-17+. The van der Waals surface area contributed by atoms with Crippen molar-refractivity contribution in [3.63, 3.8) is 0 Å². The maximum Gasteiger partial charge on any atom is 0.0497 e. The molecule has 0 saturated carbocycles. The molecule has 10 rings (SSSR count). The Morgan fingerprint density at radius 3 is 1.74 bits per heavy atom. The van der Waals surface area contributed by atoms with Crippen molar-refractivity contribution in [1.82, 2.24) is 0 Å². The van der Waals surface area contributed by atoms with Crippen LogP contribution in [0.1, 0.15) is 67.0 Å². The number of hydrogen-bond donors (Lipinski definition) is 0. The molecular weight excluding hydrogens is 699 g/mol. The molecule has 1 unspecified atom stereocenters. The molecule has 1 nitrogen and oxygen atoms in total. The van der Waals surface area contributed by atoms with Crippen molar-refractivity contribution in [3.05, 3.63) is 240 Å². The highest BCUT2D eigenvalue weighted by Gasteiger charge is 2.46. The van der Waals surface area contributed by atoms with Gasteiger partial charge >= 0.3 is 0 Å². The van der Waals surface area contributed by atoms with Crippen LogP contribution in [0.4, 0.5) is 17.1 Å². The molecule has 58 heavy (non-hydrogen) atoms. The Kier molecular flexibility index (Phi) is 8.83. The number of hydrogen-bond acceptors (Lipinski definition) is 1. The third kappa shape index (κ3) is 5.84. The minimum atomic E-state index is -0.342. The Balaban J connectivity index is 1.16. The van der Waals surface area contributed by atoms with Crippen LogP contribution in [-0.2, 0) is 10.8 Å². The molecule has 0 bridgehead atoms. The van der Waals surface area contributed by atoms with Gasteiger partial charge in [-0.15, -0.1) is 0 Å². The average molecular weight is 746 g/mol. The molecule has 2 aliphatic rings. The predicted octanol–water partition coefficient (Wildman–Crippen LogP) is 15.3. The van der Waals surface area contributed by atoms with Gasteiger partial charge in [0.25, 0.3) is 0 Å². The number of nitrogens with zero attached hydrogens (tertiary/aromatic N) is 1. The van der Waals surface area contributed by atoms with Crippen LogP contribution in [0.2, 0.25) is 0 Å². The van der Waals surface area contributed by atoms with E-state index >= 15 is 0 Å². The molecule has 0 fully saturated rings. The molecular formula is C57H47N. The molecule has 0 heterocycles. The van der Waals surface area contributed by atoms with Gasteiger partial charge in [0.15, 0.2) is 0 Å². The summed E-state index contributed by atoms with van der Waals surface area (Å²) in [4.78, 5) is 2.43. The van der Waals surface area contributed by atoms with Gasteiger partial charge in [0.05, 0.1) is 0 Å². The van der Waals surface area contributed by atoms with Gasteiger partial charge in [0.1, 0.15) is 0 Å². The van der Waals surface area contributed by atoms with E-state index in [1.165, 1.54) is 72.3 Å². The number of anilines is 3. The molecule has 0 N–H and O–H groups in total. The lowest BCUT2D eigenvalue weighted by Crippen LogP contribution is -2.27. The molecule has 0 radical (unpaired) electrons. The first kappa shape index (κ1) is 35.7. The third-order valence-corrected chi connectivity index (χ3v) is 12.8. The van der Waals surface area contributed by atoms with Gasteiger partial charge in [-0.05, 0) is 122 Å². The van der Waals surface area contributed by atoms with Crippen LogP contribution >= 0.6 is 0 Å². The summed E-state index contributed by atoms with van der Waals surface area (Å²) < 4.78 is 0. The van der Waals surface area contributed by atoms with Gasteiger partial charge in [-0.2, -0.15) is 0 Å². The molecule has 1 atom stereocenters. The van der Waals surface area contributed by atoms with Crippen LogP contribution in [0, 0.1) is 0 Å². The maximum atomic E-state index is 2.55. The largest absolute Gasteiger partial charge is 0.310 e. The Hall–Kier alpha value is -6.70. The van der Waals surface area contributed by atoms with Gasteiger partial charge in [-0.25, -0.2) is 0 Å². The number of allylic oxidation sites excluding steroid dienone is 2. The molecule has 0 saturated heterocycles. The molecule has 8 aromatic rings. The van der Waals surface area contributed by atoms with E-state index in [1.807, 2.05) is 0 Å². The number of fused-ring (bicyclic) bond motifs is 4. The van der Waals surface area contributed by atoms with Gasteiger partial charge in [0.2, 0.25) is 0 Å². The zero-order valence-electron chi connectivity index (χ0n) is 33.5. The lowest BCUT2D eigenvalue weighted by molar-refractivity contribution is 0.639. The number of benzene rings is 8. The summed E-state index contributed by atoms with van der Waals surface area (Å²) in [6, 6.07) is 74.2. The highest BCUT2D eigenvalue weighted by atomic mass is 15.1. The Morgan fingerprint density at radius 1 is 0.431 bits per heavy atom. The minimum absolute atomic E-state index is 0.0853. The highest BCUT2D eigenvalue weighted by molar-refractivity contribution is 5.88. The normalized spacial score (nSPS) is 16.8. The van der Waals surface area contributed by atoms with Crippen LogP contribution in [0.25, 0.3) is 39.0 Å². The fourth-order valence-corrected chi connectivity index (χ4v) is 9.92. The van der Waals surface area contributed by atoms with E-state index < -0.39 is 0 Å². The summed E-state index contributed by atoms with van der Waals surface area (Å²) in [6.45, 7) is 7.05. The summed E-state index contributed by atoms with van der Waals surface area (Å²) in [5.41, 5.74) is 20.1. The zero-order chi connectivity index (χ0) is 39.3. The molecule has 2 aliphatic carbocycles. The molecule has 0 aromatic heterocycles. The second-order valence-corrected chi connectivity index (χ2v) is 16.4. The molecule has 8 aromatic carbocycles. The first-order chi connectivity index (χ1) is 28.5. The first-order valence-electron chi connectivity index (χ1n) is 20.7. The van der Waals surface area contributed by atoms with Gasteiger partial charge < -0.3 is 4.90 Å². The molecule has 280 valence electrons. The summed E-state index contributed by atoms with van der Waals surface area (Å²) in [5, 5.41) is 0. The van der Waals surface area contributed by atoms with Crippen molar-refractivity contribution in [2.75, 3.05) is 4.90 Å². The molecule has 0 spiro atoms. The van der Waals surface area contributed by atoms with Crippen molar-refractivity contribution < 1.29 is 0 Å². The Bertz CT molecular complexity index is 2800. The van der Waals surface area contributed by atoms with Crippen molar-refractivity contribution in [2.45, 2.75) is 44.4 Å². The van der Waals surface area contributed by atoms with Crippen molar-refractivity contribution in [2.24, 2.45) is 0 Å². The van der Waals surface area contributed by atoms with E-state index in [1.54, 1.807) is 0 Å². The summed E-state index contributed by atoms with van der Waals surface area (Å²) in [5.74, 6) is 0. The monoisotopic (exact) mass is 745 g/mol. The average Bonchev–Trinajstić information content (AvgIpc) is 3.73. The van der Waals surface area contributed by atoms with E-state index in [0.29, 0.717) is 0 Å². The van der Waals surface area contributed by atoms with Crippen LogP contribution < -0.4 is 4.90 Å². The van der Waals surface area contributed by atoms with Crippen molar-refractivity contribution in [3.8, 4) is 33.4 Å². The smallest absolute Gasteiger partial charge is 0.0497 e. The Labute approximate surface area is 343 Å². The van der Waals surface area contributed by atoms with E-state index in [4.69, 9.17) is 0 Å². The number of rotatable bonds is 8. The summed E-state index contributed by atoms with van der Waals surface area (Å²) in [7, 11) is 0. The van der Waals surface area contributed by atoms with E-state index in [-0.39, 0.29) is 10.8 Å². The van der Waals surface area contributed by atoms with Gasteiger partial charge in [0, 0.05) is 27.9 Å². The van der Waals surface area contributed by atoms with E-state index in [2.05, 4.69) is 232 Å². The lowest BCUT2D eigenvalue weighted by atomic mass is 9.68. The van der Waals surface area contributed by atoms with E-state index in [9.17, 15) is 0 Å². The Morgan fingerprint density at radius 2 is 1.02 bits per heavy atom. The summed E-state index contributed by atoms with van der Waals surface area (Å²) in [6.07, 6.45) is 4.35. The first-order valence-corrected chi connectivity index (χ1v) is 20.7. The third-order valence-electron chi connectivity index (χ3n) is 12.8. The van der Waals surface area contributed by atoms with Crippen molar-refractivity contribution in [1.29, 1.82) is 0 Å². The second-order valence-electron chi connectivity index (χ2n) is 16.4. The highest BCUT2D eigenvalue weighted by Crippen LogP contribution is 2.57. The van der Waals surface area contributed by atoms with Crippen LogP contribution in [0.3, 0.4) is 0 Å². The zero-order valence-corrected chi connectivity index (χ0v) is 33.5. The lowest BCUT2D eigenvalue weighted by Gasteiger charge is -2.34. The quantitative estimate of drug-likeness (QED) is 0.150. The maximum absolute atomic E-state index is 2.55. The van der Waals surface area contributed by atoms with E-state index in [0.717, 1.165) is 29.9 Å². The molecule has 0 amide bonds. The predicted molar refractivity (Wildman–Crippen MR) is 245 cm³/mol. The summed E-state index contributed by atoms with van der Waals surface area (Å²) >= 11 is 0. The van der Waals surface area contributed by atoms with Gasteiger partial charge in [-0.1, -0.05) is 191 Å². The molecule has 0 aliphatic heterocycles. The van der Waals surface area contributed by atoms with Crippen LogP contribution in [0.5, 0.6) is 0 Å². The SMILES string of the molecule is CC/C=C1\CC(c2ccccc2)(c2ccc3c(c2)C(C)(C)c2ccccc2-3)c2ccc(N(c3ccc(-c4ccccc4)cc3)c3cccc(-c4ccccc4)c3)cc21. The van der Waals surface area contributed by atoms with Crippen LogP contribution in [-0.4, -0.2) is 0 Å². The fraction of sp³-hybridized carbons (Fsp3) is 0.123. The van der Waals surface area contributed by atoms with Gasteiger partial charge in [-0.3, -0.25) is 0 Å². The van der Waals surface area contributed by atoms with Crippen LogP contribution in [0.15, 0.2) is 206 Å². The minimum Gasteiger partial charge on any atom is -0.310 e. The topological polar surface area (TPSA) is 3.24 Å². The molecule has 1 heteroatoms.